The largest absolute Gasteiger partial charge is 0.215 e. The summed E-state index contributed by atoms with van der Waals surface area (Å²) in [5, 5.41) is 0. The highest BCUT2D eigenvalue weighted by Gasteiger charge is 2.27. The summed E-state index contributed by atoms with van der Waals surface area (Å²) in [5.74, 6) is 0.648. The van der Waals surface area contributed by atoms with Gasteiger partial charge in [-0.25, -0.2) is 13.1 Å². The van der Waals surface area contributed by atoms with Crippen LogP contribution in [0.25, 0.3) is 0 Å². The molecule has 0 heterocycles. The molecule has 1 aliphatic carbocycles. The standard InChI is InChI=1S/C11H22BrNO2S/c1-11(2,3)8-16(14,15)13-7-9-5-4-6-10(9)12/h9-10,13H,4-8H2,1-3H3. The smallest absolute Gasteiger partial charge is 0.212 e. The van der Waals surface area contributed by atoms with E-state index in [9.17, 15) is 8.42 Å². The minimum atomic E-state index is -3.12. The van der Waals surface area contributed by atoms with Gasteiger partial charge >= 0.3 is 0 Å². The summed E-state index contributed by atoms with van der Waals surface area (Å²) in [6, 6.07) is 0. The molecule has 0 radical (unpaired) electrons. The van der Waals surface area contributed by atoms with Crippen molar-refractivity contribution in [1.82, 2.24) is 4.72 Å². The SMILES string of the molecule is CC(C)(C)CS(=O)(=O)NCC1CCCC1Br. The van der Waals surface area contributed by atoms with Gasteiger partial charge in [-0.2, -0.15) is 0 Å². The quantitative estimate of drug-likeness (QED) is 0.811. The molecule has 0 bridgehead atoms. The molecule has 3 nitrogen and oxygen atoms in total. The summed E-state index contributed by atoms with van der Waals surface area (Å²) >= 11 is 3.60. The topological polar surface area (TPSA) is 46.2 Å². The van der Waals surface area contributed by atoms with Gasteiger partial charge in [0.2, 0.25) is 10.0 Å². The summed E-state index contributed by atoms with van der Waals surface area (Å²) in [6.45, 7) is 6.40. The van der Waals surface area contributed by atoms with Gasteiger partial charge in [-0.3, -0.25) is 0 Å². The van der Waals surface area contributed by atoms with E-state index >= 15 is 0 Å². The lowest BCUT2D eigenvalue weighted by atomic mass is 10.0. The van der Waals surface area contributed by atoms with Gasteiger partial charge in [0.05, 0.1) is 5.75 Å². The van der Waals surface area contributed by atoms with Gasteiger partial charge in [0, 0.05) is 11.4 Å². The Morgan fingerprint density at radius 3 is 2.38 bits per heavy atom. The summed E-state index contributed by atoms with van der Waals surface area (Å²) in [5.41, 5.74) is -0.185. The molecular formula is C11H22BrNO2S. The number of hydrogen-bond donors (Lipinski definition) is 1. The Balaban J connectivity index is 2.42. The zero-order valence-electron chi connectivity index (χ0n) is 10.3. The second-order valence-corrected chi connectivity index (χ2v) is 8.86. The molecule has 0 spiro atoms. The molecule has 0 aromatic heterocycles. The maximum atomic E-state index is 11.8. The van der Waals surface area contributed by atoms with Gasteiger partial charge in [-0.1, -0.05) is 43.1 Å². The maximum Gasteiger partial charge on any atom is 0.212 e. The highest BCUT2D eigenvalue weighted by atomic mass is 79.9. The zero-order chi connectivity index (χ0) is 12.4. The summed E-state index contributed by atoms with van der Waals surface area (Å²) < 4.78 is 26.3. The minimum Gasteiger partial charge on any atom is -0.215 e. The number of sulfonamides is 1. The van der Waals surface area contributed by atoms with Crippen LogP contribution in [-0.2, 0) is 10.0 Å². The Kier molecular flexibility index (Phi) is 4.84. The van der Waals surface area contributed by atoms with Crippen molar-refractivity contribution >= 4 is 26.0 Å². The molecule has 2 unspecified atom stereocenters. The molecule has 1 N–H and O–H groups in total. The number of halogens is 1. The molecule has 0 saturated heterocycles. The fourth-order valence-electron chi connectivity index (χ4n) is 2.08. The third kappa shape index (κ3) is 5.15. The molecule has 1 saturated carbocycles. The third-order valence-corrected chi connectivity index (χ3v) is 5.81. The van der Waals surface area contributed by atoms with Crippen LogP contribution >= 0.6 is 15.9 Å². The van der Waals surface area contributed by atoms with Crippen molar-refractivity contribution in [3.63, 3.8) is 0 Å². The van der Waals surface area contributed by atoms with Crippen LogP contribution in [0.2, 0.25) is 0 Å². The first-order chi connectivity index (χ1) is 7.20. The van der Waals surface area contributed by atoms with Gasteiger partial charge in [0.15, 0.2) is 0 Å². The van der Waals surface area contributed by atoms with Crippen LogP contribution in [-0.4, -0.2) is 25.5 Å². The van der Waals surface area contributed by atoms with Crippen molar-refractivity contribution in [2.75, 3.05) is 12.3 Å². The van der Waals surface area contributed by atoms with Gasteiger partial charge in [0.25, 0.3) is 0 Å². The maximum absolute atomic E-state index is 11.8. The fourth-order valence-corrected chi connectivity index (χ4v) is 4.56. The average molecular weight is 312 g/mol. The van der Waals surface area contributed by atoms with Crippen LogP contribution in [0.3, 0.4) is 0 Å². The molecule has 2 atom stereocenters. The minimum absolute atomic E-state index is 0.185. The third-order valence-electron chi connectivity index (χ3n) is 2.75. The normalized spacial score (nSPS) is 27.2. The molecule has 5 heteroatoms. The van der Waals surface area contributed by atoms with E-state index < -0.39 is 10.0 Å². The first-order valence-corrected chi connectivity index (χ1v) is 8.38. The van der Waals surface area contributed by atoms with Crippen molar-refractivity contribution in [2.45, 2.75) is 44.9 Å². The van der Waals surface area contributed by atoms with Crippen LogP contribution in [0.4, 0.5) is 0 Å². The Labute approximate surface area is 108 Å². The lowest BCUT2D eigenvalue weighted by molar-refractivity contribution is 0.453. The van der Waals surface area contributed by atoms with Crippen LogP contribution in [0, 0.1) is 11.3 Å². The number of hydrogen-bond acceptors (Lipinski definition) is 2. The highest BCUT2D eigenvalue weighted by molar-refractivity contribution is 9.09. The fraction of sp³-hybridized carbons (Fsp3) is 1.00. The van der Waals surface area contributed by atoms with E-state index in [4.69, 9.17) is 0 Å². The molecule has 0 aromatic rings. The van der Waals surface area contributed by atoms with Crippen molar-refractivity contribution in [1.29, 1.82) is 0 Å². The van der Waals surface area contributed by atoms with Crippen molar-refractivity contribution in [3.05, 3.63) is 0 Å². The van der Waals surface area contributed by atoms with E-state index in [2.05, 4.69) is 20.7 Å². The Hall–Kier alpha value is 0.390. The predicted molar refractivity (Wildman–Crippen MR) is 71.3 cm³/mol. The number of rotatable bonds is 4. The molecule has 1 aliphatic rings. The van der Waals surface area contributed by atoms with Crippen LogP contribution in [0.1, 0.15) is 40.0 Å². The predicted octanol–water partition coefficient (Wildman–Crippen LogP) is 2.52. The Morgan fingerprint density at radius 1 is 1.31 bits per heavy atom. The second kappa shape index (κ2) is 5.36. The van der Waals surface area contributed by atoms with Crippen molar-refractivity contribution in [3.8, 4) is 0 Å². The molecule has 0 aliphatic heterocycles. The molecule has 1 rings (SSSR count). The summed E-state index contributed by atoms with van der Waals surface area (Å²) in [6.07, 6.45) is 3.47. The molecule has 96 valence electrons. The first-order valence-electron chi connectivity index (χ1n) is 5.81. The van der Waals surface area contributed by atoms with Crippen LogP contribution in [0.15, 0.2) is 0 Å². The highest BCUT2D eigenvalue weighted by Crippen LogP contribution is 2.31. The lowest BCUT2D eigenvalue weighted by Gasteiger charge is -2.20. The average Bonchev–Trinajstić information content (AvgIpc) is 2.43. The molecule has 0 aromatic carbocycles. The summed E-state index contributed by atoms with van der Waals surface area (Å²) in [4.78, 5) is 0.477. The van der Waals surface area contributed by atoms with Gasteiger partial charge in [-0.05, 0) is 24.2 Å². The van der Waals surface area contributed by atoms with E-state index in [1.54, 1.807) is 0 Å². The van der Waals surface area contributed by atoms with Crippen LogP contribution < -0.4 is 4.72 Å². The van der Waals surface area contributed by atoms with Crippen molar-refractivity contribution in [2.24, 2.45) is 11.3 Å². The van der Waals surface area contributed by atoms with Crippen LogP contribution in [0.5, 0.6) is 0 Å². The zero-order valence-corrected chi connectivity index (χ0v) is 12.7. The van der Waals surface area contributed by atoms with Crippen molar-refractivity contribution < 1.29 is 8.42 Å². The molecule has 0 amide bonds. The van der Waals surface area contributed by atoms with Gasteiger partial charge < -0.3 is 0 Å². The summed E-state index contributed by atoms with van der Waals surface area (Å²) in [7, 11) is -3.12. The van der Waals surface area contributed by atoms with E-state index in [0.29, 0.717) is 17.3 Å². The van der Waals surface area contributed by atoms with E-state index in [-0.39, 0.29) is 11.2 Å². The van der Waals surface area contributed by atoms with E-state index in [0.717, 1.165) is 12.8 Å². The Bertz CT molecular complexity index is 321. The van der Waals surface area contributed by atoms with Gasteiger partial charge in [-0.15, -0.1) is 0 Å². The van der Waals surface area contributed by atoms with E-state index in [1.165, 1.54) is 6.42 Å². The molecule has 1 fully saturated rings. The molecule has 16 heavy (non-hydrogen) atoms. The van der Waals surface area contributed by atoms with E-state index in [1.807, 2.05) is 20.8 Å². The Morgan fingerprint density at radius 2 is 1.94 bits per heavy atom. The van der Waals surface area contributed by atoms with Gasteiger partial charge in [0.1, 0.15) is 0 Å². The number of alkyl halides is 1. The molecular weight excluding hydrogens is 290 g/mol. The monoisotopic (exact) mass is 311 g/mol. The first kappa shape index (κ1) is 14.5. The lowest BCUT2D eigenvalue weighted by Crippen LogP contribution is -2.36. The number of nitrogens with one attached hydrogen (secondary N) is 1. The second-order valence-electron chi connectivity index (χ2n) is 5.88.